The molecular weight excluding hydrogens is 242 g/mol. The van der Waals surface area contributed by atoms with Crippen molar-refractivity contribution in [3.63, 3.8) is 0 Å². The van der Waals surface area contributed by atoms with Crippen molar-refractivity contribution in [1.82, 2.24) is 10.3 Å². The molecule has 0 saturated carbocycles. The lowest BCUT2D eigenvalue weighted by molar-refractivity contribution is 0.0948. The molecule has 0 fully saturated rings. The molecule has 0 aliphatic rings. The normalized spacial score (nSPS) is 10.4. The van der Waals surface area contributed by atoms with Gasteiger partial charge in [0.25, 0.3) is 5.91 Å². The Balaban J connectivity index is 2.24. The molecule has 0 bridgehead atoms. The molecule has 0 radical (unpaired) electrons. The summed E-state index contributed by atoms with van der Waals surface area (Å²) in [5, 5.41) is 5.40. The van der Waals surface area contributed by atoms with Crippen molar-refractivity contribution >= 4 is 29.0 Å². The maximum absolute atomic E-state index is 11.6. The lowest BCUT2D eigenvalue weighted by Crippen LogP contribution is -2.24. The van der Waals surface area contributed by atoms with E-state index in [-0.39, 0.29) is 5.91 Å². The van der Waals surface area contributed by atoms with Crippen molar-refractivity contribution < 1.29 is 4.79 Å². The van der Waals surface area contributed by atoms with Crippen molar-refractivity contribution in [3.05, 3.63) is 16.1 Å². The predicted octanol–water partition coefficient (Wildman–Crippen LogP) is 1.47. The number of carbonyl (C=O) groups excluding carboxylic acids is 1. The van der Waals surface area contributed by atoms with Gasteiger partial charge in [0.05, 0.1) is 0 Å². The molecule has 3 N–H and O–H groups in total. The number of nitrogens with zero attached hydrogens (tertiary/aromatic N) is 1. The van der Waals surface area contributed by atoms with Crippen LogP contribution in [0.25, 0.3) is 0 Å². The summed E-state index contributed by atoms with van der Waals surface area (Å²) < 4.78 is 0. The largest absolute Gasteiger partial charge is 0.351 e. The van der Waals surface area contributed by atoms with Crippen LogP contribution in [0.15, 0.2) is 5.38 Å². The molecule has 6 heteroatoms. The second kappa shape index (κ2) is 7.65. The Kier molecular flexibility index (Phi) is 6.44. The van der Waals surface area contributed by atoms with E-state index in [0.29, 0.717) is 12.2 Å². The lowest BCUT2D eigenvalue weighted by Gasteiger charge is -2.02. The Bertz CT molecular complexity index is 328. The first-order valence-corrected chi connectivity index (χ1v) is 7.47. The second-order valence-corrected chi connectivity index (χ2v) is 5.21. The maximum Gasteiger partial charge on any atom is 0.270 e. The first kappa shape index (κ1) is 13.5. The molecule has 0 atom stereocenters. The minimum absolute atomic E-state index is 0.0971. The highest BCUT2D eigenvalue weighted by Crippen LogP contribution is 2.08. The summed E-state index contributed by atoms with van der Waals surface area (Å²) in [4.78, 5) is 15.7. The summed E-state index contributed by atoms with van der Waals surface area (Å²) >= 11 is 3.25. The van der Waals surface area contributed by atoms with Crippen LogP contribution in [0.1, 0.15) is 28.3 Å². The van der Waals surface area contributed by atoms with Gasteiger partial charge >= 0.3 is 0 Å². The van der Waals surface area contributed by atoms with Crippen LogP contribution in [-0.4, -0.2) is 29.4 Å². The Morgan fingerprint density at radius 1 is 1.62 bits per heavy atom. The van der Waals surface area contributed by atoms with Gasteiger partial charge in [0, 0.05) is 18.5 Å². The topological polar surface area (TPSA) is 68.0 Å². The molecule has 1 heterocycles. The summed E-state index contributed by atoms with van der Waals surface area (Å²) in [6.07, 6.45) is 4.23. The average molecular weight is 259 g/mol. The van der Waals surface area contributed by atoms with E-state index >= 15 is 0 Å². The molecule has 4 nitrogen and oxygen atoms in total. The molecule has 0 aliphatic heterocycles. The molecule has 0 saturated heterocycles. The fourth-order valence-corrected chi connectivity index (χ4v) is 2.32. The van der Waals surface area contributed by atoms with Gasteiger partial charge in [-0.3, -0.25) is 4.79 Å². The van der Waals surface area contributed by atoms with E-state index in [1.165, 1.54) is 11.3 Å². The minimum atomic E-state index is -0.0971. The van der Waals surface area contributed by atoms with Gasteiger partial charge < -0.3 is 11.1 Å². The van der Waals surface area contributed by atoms with Crippen molar-refractivity contribution in [3.8, 4) is 0 Å². The highest BCUT2D eigenvalue weighted by molar-refractivity contribution is 7.98. The molecule has 1 rings (SSSR count). The molecule has 0 unspecified atom stereocenters. The van der Waals surface area contributed by atoms with Gasteiger partial charge in [0.15, 0.2) is 0 Å². The molecule has 0 spiro atoms. The van der Waals surface area contributed by atoms with Crippen LogP contribution in [0.5, 0.6) is 0 Å². The summed E-state index contributed by atoms with van der Waals surface area (Å²) in [5.74, 6) is 1.05. The van der Waals surface area contributed by atoms with Gasteiger partial charge in [-0.25, -0.2) is 4.98 Å². The molecular formula is C10H17N3OS2. The van der Waals surface area contributed by atoms with Crippen LogP contribution >= 0.6 is 23.1 Å². The molecule has 0 aromatic carbocycles. The van der Waals surface area contributed by atoms with Crippen molar-refractivity contribution in [2.75, 3.05) is 18.6 Å². The monoisotopic (exact) mass is 259 g/mol. The van der Waals surface area contributed by atoms with Gasteiger partial charge in [-0.1, -0.05) is 0 Å². The second-order valence-electron chi connectivity index (χ2n) is 3.29. The SMILES string of the molecule is CSCCCCNC(=O)c1csc(CN)n1. The molecule has 1 aromatic rings. The number of nitrogens with one attached hydrogen (secondary N) is 1. The van der Waals surface area contributed by atoms with Crippen LogP contribution in [0, 0.1) is 0 Å². The standard InChI is InChI=1S/C10H17N3OS2/c1-15-5-3-2-4-12-10(14)8-7-16-9(6-11)13-8/h7H,2-6,11H2,1H3,(H,12,14). The smallest absolute Gasteiger partial charge is 0.270 e. The zero-order chi connectivity index (χ0) is 11.8. The van der Waals surface area contributed by atoms with E-state index in [0.717, 1.165) is 30.1 Å². The summed E-state index contributed by atoms with van der Waals surface area (Å²) in [5.41, 5.74) is 5.91. The third-order valence-electron chi connectivity index (χ3n) is 2.02. The Labute approximate surface area is 104 Å². The highest BCUT2D eigenvalue weighted by Gasteiger charge is 2.08. The zero-order valence-electron chi connectivity index (χ0n) is 9.36. The Morgan fingerprint density at radius 3 is 3.06 bits per heavy atom. The van der Waals surface area contributed by atoms with Gasteiger partial charge in [0.2, 0.25) is 0 Å². The number of hydrogen-bond donors (Lipinski definition) is 2. The van der Waals surface area contributed by atoms with Crippen LogP contribution in [0.2, 0.25) is 0 Å². The highest BCUT2D eigenvalue weighted by atomic mass is 32.2. The minimum Gasteiger partial charge on any atom is -0.351 e. The molecule has 1 amide bonds. The zero-order valence-corrected chi connectivity index (χ0v) is 11.0. The van der Waals surface area contributed by atoms with Gasteiger partial charge in [-0.05, 0) is 24.9 Å². The molecule has 16 heavy (non-hydrogen) atoms. The third kappa shape index (κ3) is 4.51. The number of hydrogen-bond acceptors (Lipinski definition) is 5. The van der Waals surface area contributed by atoms with Gasteiger partial charge in [-0.15, -0.1) is 11.3 Å². The van der Waals surface area contributed by atoms with Crippen LogP contribution in [0.4, 0.5) is 0 Å². The van der Waals surface area contributed by atoms with Gasteiger partial charge in [-0.2, -0.15) is 11.8 Å². The average Bonchev–Trinajstić information content (AvgIpc) is 2.77. The quantitative estimate of drug-likeness (QED) is 0.728. The Morgan fingerprint density at radius 2 is 2.44 bits per heavy atom. The van der Waals surface area contributed by atoms with E-state index in [1.54, 1.807) is 5.38 Å². The number of amides is 1. The summed E-state index contributed by atoms with van der Waals surface area (Å²) in [6, 6.07) is 0. The molecule has 1 aromatic heterocycles. The molecule has 90 valence electrons. The van der Waals surface area contributed by atoms with E-state index in [4.69, 9.17) is 5.73 Å². The van der Waals surface area contributed by atoms with Crippen molar-refractivity contribution in [2.24, 2.45) is 5.73 Å². The van der Waals surface area contributed by atoms with Gasteiger partial charge in [0.1, 0.15) is 10.7 Å². The van der Waals surface area contributed by atoms with Crippen molar-refractivity contribution in [2.45, 2.75) is 19.4 Å². The number of unbranched alkanes of at least 4 members (excludes halogenated alkanes) is 1. The predicted molar refractivity (Wildman–Crippen MR) is 70.0 cm³/mol. The molecule has 0 aliphatic carbocycles. The number of carbonyl (C=O) groups is 1. The number of aromatic nitrogens is 1. The number of nitrogens with two attached hydrogens (primary N) is 1. The fourth-order valence-electron chi connectivity index (χ4n) is 1.17. The number of thioether (sulfide) groups is 1. The van der Waals surface area contributed by atoms with Crippen molar-refractivity contribution in [1.29, 1.82) is 0 Å². The Hall–Kier alpha value is -0.590. The number of rotatable bonds is 7. The summed E-state index contributed by atoms with van der Waals surface area (Å²) in [7, 11) is 0. The first-order chi connectivity index (χ1) is 7.77. The first-order valence-electron chi connectivity index (χ1n) is 5.19. The maximum atomic E-state index is 11.6. The van der Waals surface area contributed by atoms with E-state index < -0.39 is 0 Å². The lowest BCUT2D eigenvalue weighted by atomic mass is 10.3. The van der Waals surface area contributed by atoms with Crippen LogP contribution < -0.4 is 11.1 Å². The van der Waals surface area contributed by atoms with E-state index in [9.17, 15) is 4.79 Å². The third-order valence-corrected chi connectivity index (χ3v) is 3.59. The van der Waals surface area contributed by atoms with Crippen LogP contribution in [-0.2, 0) is 6.54 Å². The van der Waals surface area contributed by atoms with Crippen LogP contribution in [0.3, 0.4) is 0 Å². The van der Waals surface area contributed by atoms with E-state index in [1.807, 2.05) is 11.8 Å². The fraction of sp³-hybridized carbons (Fsp3) is 0.600. The van der Waals surface area contributed by atoms with E-state index in [2.05, 4.69) is 16.6 Å². The number of thiazole rings is 1. The summed E-state index contributed by atoms with van der Waals surface area (Å²) in [6.45, 7) is 1.11.